The van der Waals surface area contributed by atoms with Gasteiger partial charge in [0.2, 0.25) is 0 Å². The van der Waals surface area contributed by atoms with Crippen molar-refractivity contribution in [1.82, 2.24) is 15.0 Å². The zero-order valence-corrected chi connectivity index (χ0v) is 31.7. The van der Waals surface area contributed by atoms with Gasteiger partial charge in [0.05, 0.1) is 5.41 Å². The van der Waals surface area contributed by atoms with Crippen LogP contribution >= 0.6 is 11.8 Å². The second-order valence-corrected chi connectivity index (χ2v) is 16.2. The molecule has 0 bridgehead atoms. The highest BCUT2D eigenvalue weighted by Crippen LogP contribution is 2.62. The second kappa shape index (κ2) is 12.6. The van der Waals surface area contributed by atoms with Gasteiger partial charge in [0.15, 0.2) is 17.5 Å². The molecule has 1 aromatic heterocycles. The topological polar surface area (TPSA) is 38.7 Å². The van der Waals surface area contributed by atoms with Gasteiger partial charge in [-0.15, -0.1) is 0 Å². The Balaban J connectivity index is 0.985. The number of benzene rings is 8. The maximum atomic E-state index is 5.15. The van der Waals surface area contributed by atoms with Crippen LogP contribution < -0.4 is 0 Å². The molecule has 0 saturated heterocycles. The van der Waals surface area contributed by atoms with Crippen LogP contribution in [0.5, 0.6) is 0 Å². The lowest BCUT2D eigenvalue weighted by molar-refractivity contribution is 0.723. The Morgan fingerprint density at radius 3 is 1.77 bits per heavy atom. The van der Waals surface area contributed by atoms with E-state index < -0.39 is 5.41 Å². The van der Waals surface area contributed by atoms with Gasteiger partial charge in [-0.2, -0.15) is 0 Å². The molecule has 266 valence electrons. The summed E-state index contributed by atoms with van der Waals surface area (Å²) < 4.78 is 0. The first-order valence-electron chi connectivity index (χ1n) is 19.5. The fraction of sp³-hybridized carbons (Fsp3) is 0.0377. The van der Waals surface area contributed by atoms with Gasteiger partial charge in [-0.25, -0.2) is 15.0 Å². The number of aromatic nitrogens is 3. The zero-order chi connectivity index (χ0) is 37.5. The highest BCUT2D eigenvalue weighted by Gasteiger charge is 2.50. The summed E-state index contributed by atoms with van der Waals surface area (Å²) in [5.41, 5.74) is 15.4. The van der Waals surface area contributed by atoms with E-state index in [1.807, 2.05) is 30.0 Å². The van der Waals surface area contributed by atoms with Crippen LogP contribution in [0.15, 0.2) is 192 Å². The summed E-state index contributed by atoms with van der Waals surface area (Å²) in [6.07, 6.45) is 5.42. The van der Waals surface area contributed by atoms with Crippen molar-refractivity contribution in [2.75, 3.05) is 0 Å². The predicted molar refractivity (Wildman–Crippen MR) is 233 cm³/mol. The number of rotatable bonds is 4. The SMILES string of the molecule is C1=Cc2cc(-c3nc(-c4ccccc4)nc(-c4ccc(-c5ccc6c(c5)C5(c7ccccc7S6)c6ccccc6-c6ccccc65)cc4)n3)cc3cccc(c23)C1. The molecule has 4 heteroatoms. The first-order valence-corrected chi connectivity index (χ1v) is 20.3. The molecule has 8 aromatic carbocycles. The Bertz CT molecular complexity index is 3080. The standard InChI is InChI=1S/C53H33N3S/c1-2-12-35(13-3-1)50-54-51(56-52(55-50)40-30-38-16-10-14-34-15-11-17-39(31-40)49(34)38)36-26-24-33(25-27-36)37-28-29-48-46(32-37)53(45-22-8-9-23-47(45)57-48)43-20-6-4-18-41(43)42-19-5-7-21-44(42)53/h1-14,16-32H,15H2. The molecule has 0 N–H and O–H groups in total. The smallest absolute Gasteiger partial charge is 0.164 e. The lowest BCUT2D eigenvalue weighted by Gasteiger charge is -2.40. The summed E-state index contributed by atoms with van der Waals surface area (Å²) in [5.74, 6) is 1.98. The van der Waals surface area contributed by atoms with E-state index in [2.05, 4.69) is 170 Å². The van der Waals surface area contributed by atoms with Crippen LogP contribution in [0.4, 0.5) is 0 Å². The number of nitrogens with zero attached hydrogens (tertiary/aromatic N) is 3. The highest BCUT2D eigenvalue weighted by atomic mass is 32.2. The minimum absolute atomic E-state index is 0.409. The van der Waals surface area contributed by atoms with Gasteiger partial charge in [0.25, 0.3) is 0 Å². The third kappa shape index (κ3) is 4.90. The molecule has 0 atom stereocenters. The van der Waals surface area contributed by atoms with Crippen molar-refractivity contribution >= 4 is 28.6 Å². The molecule has 0 saturated carbocycles. The van der Waals surface area contributed by atoms with E-state index in [-0.39, 0.29) is 0 Å². The molecule has 0 unspecified atom stereocenters. The number of allylic oxidation sites excluding steroid dienone is 1. The number of hydrogen-bond acceptors (Lipinski definition) is 4. The van der Waals surface area contributed by atoms with Gasteiger partial charge < -0.3 is 0 Å². The first-order chi connectivity index (χ1) is 28.2. The van der Waals surface area contributed by atoms with Crippen LogP contribution in [0, 0.1) is 0 Å². The lowest BCUT2D eigenvalue weighted by atomic mass is 9.67. The van der Waals surface area contributed by atoms with Crippen LogP contribution in [0.25, 0.3) is 73.3 Å². The monoisotopic (exact) mass is 743 g/mol. The molecule has 3 nitrogen and oxygen atoms in total. The molecular weight excluding hydrogens is 711 g/mol. The molecule has 12 rings (SSSR count). The molecule has 57 heavy (non-hydrogen) atoms. The highest BCUT2D eigenvalue weighted by molar-refractivity contribution is 7.99. The summed E-state index contributed by atoms with van der Waals surface area (Å²) in [4.78, 5) is 17.9. The third-order valence-electron chi connectivity index (χ3n) is 12.0. The first kappa shape index (κ1) is 32.4. The van der Waals surface area contributed by atoms with Crippen LogP contribution in [0.1, 0.15) is 33.4 Å². The van der Waals surface area contributed by atoms with Crippen molar-refractivity contribution in [3.05, 3.63) is 215 Å². The van der Waals surface area contributed by atoms with Gasteiger partial charge in [0.1, 0.15) is 0 Å². The Kier molecular flexibility index (Phi) is 7.14. The fourth-order valence-corrected chi connectivity index (χ4v) is 10.7. The Labute approximate surface area is 335 Å². The van der Waals surface area contributed by atoms with E-state index in [1.165, 1.54) is 70.6 Å². The van der Waals surface area contributed by atoms with Gasteiger partial charge >= 0.3 is 0 Å². The molecule has 2 aliphatic carbocycles. The van der Waals surface area contributed by atoms with E-state index in [9.17, 15) is 0 Å². The van der Waals surface area contributed by atoms with Crippen molar-refractivity contribution in [2.24, 2.45) is 0 Å². The summed E-state index contributed by atoms with van der Waals surface area (Å²) in [6, 6.07) is 63.9. The fourth-order valence-electron chi connectivity index (χ4n) is 9.48. The third-order valence-corrected chi connectivity index (χ3v) is 13.1. The molecule has 0 amide bonds. The molecule has 3 aliphatic rings. The quantitative estimate of drug-likeness (QED) is 0.180. The average molecular weight is 744 g/mol. The van der Waals surface area contributed by atoms with E-state index in [0.717, 1.165) is 28.7 Å². The lowest BCUT2D eigenvalue weighted by Crippen LogP contribution is -2.32. The molecule has 0 radical (unpaired) electrons. The van der Waals surface area contributed by atoms with Crippen molar-refractivity contribution in [2.45, 2.75) is 21.6 Å². The molecule has 9 aromatic rings. The largest absolute Gasteiger partial charge is 0.208 e. The summed E-state index contributed by atoms with van der Waals surface area (Å²) in [7, 11) is 0. The van der Waals surface area contributed by atoms with E-state index in [0.29, 0.717) is 17.5 Å². The average Bonchev–Trinajstić information content (AvgIpc) is 3.57. The summed E-state index contributed by atoms with van der Waals surface area (Å²) in [6.45, 7) is 0. The normalized spacial score (nSPS) is 13.9. The van der Waals surface area contributed by atoms with Crippen LogP contribution in [-0.2, 0) is 11.8 Å². The zero-order valence-electron chi connectivity index (χ0n) is 30.9. The molecule has 2 heterocycles. The minimum atomic E-state index is -0.409. The van der Waals surface area contributed by atoms with E-state index >= 15 is 0 Å². The molecule has 1 aliphatic heterocycles. The Morgan fingerprint density at radius 2 is 1.02 bits per heavy atom. The molecular formula is C53H33N3S. The van der Waals surface area contributed by atoms with Crippen molar-refractivity contribution in [3.8, 4) is 56.4 Å². The van der Waals surface area contributed by atoms with Gasteiger partial charge in [-0.1, -0.05) is 170 Å². The van der Waals surface area contributed by atoms with Crippen molar-refractivity contribution in [1.29, 1.82) is 0 Å². The van der Waals surface area contributed by atoms with Gasteiger partial charge in [0, 0.05) is 26.5 Å². The number of hydrogen-bond donors (Lipinski definition) is 0. The second-order valence-electron chi connectivity index (χ2n) is 15.1. The maximum absolute atomic E-state index is 5.15. The van der Waals surface area contributed by atoms with Crippen LogP contribution in [0.3, 0.4) is 0 Å². The molecule has 0 fully saturated rings. The summed E-state index contributed by atoms with van der Waals surface area (Å²) in [5, 5.41) is 2.52. The van der Waals surface area contributed by atoms with Crippen molar-refractivity contribution < 1.29 is 0 Å². The minimum Gasteiger partial charge on any atom is -0.208 e. The van der Waals surface area contributed by atoms with Crippen LogP contribution in [0.2, 0.25) is 0 Å². The Hall–Kier alpha value is -6.88. The number of fused-ring (bicyclic) bond motifs is 9. The van der Waals surface area contributed by atoms with Gasteiger partial charge in [-0.3, -0.25) is 0 Å². The summed E-state index contributed by atoms with van der Waals surface area (Å²) >= 11 is 1.88. The maximum Gasteiger partial charge on any atom is 0.164 e. The van der Waals surface area contributed by atoms with Gasteiger partial charge in [-0.05, 0) is 103 Å². The Morgan fingerprint density at radius 1 is 0.421 bits per heavy atom. The molecule has 1 spiro atoms. The van der Waals surface area contributed by atoms with Crippen LogP contribution in [-0.4, -0.2) is 15.0 Å². The predicted octanol–water partition coefficient (Wildman–Crippen LogP) is 13.1. The van der Waals surface area contributed by atoms with E-state index in [1.54, 1.807) is 0 Å². The van der Waals surface area contributed by atoms with Crippen molar-refractivity contribution in [3.63, 3.8) is 0 Å². The van der Waals surface area contributed by atoms with E-state index in [4.69, 9.17) is 15.0 Å².